The summed E-state index contributed by atoms with van der Waals surface area (Å²) in [6, 6.07) is 14.0. The first kappa shape index (κ1) is 14.3. The zero-order valence-corrected chi connectivity index (χ0v) is 12.7. The van der Waals surface area contributed by atoms with Gasteiger partial charge in [0.05, 0.1) is 12.8 Å². The van der Waals surface area contributed by atoms with E-state index < -0.39 is 0 Å². The van der Waals surface area contributed by atoms with Crippen molar-refractivity contribution in [2.75, 3.05) is 17.7 Å². The highest BCUT2D eigenvalue weighted by molar-refractivity contribution is 7.80. The molecule has 0 heterocycles. The van der Waals surface area contributed by atoms with Crippen LogP contribution in [-0.4, -0.2) is 12.2 Å². The first-order valence-corrected chi connectivity index (χ1v) is 6.78. The van der Waals surface area contributed by atoms with Gasteiger partial charge in [-0.1, -0.05) is 23.8 Å². The Morgan fingerprint density at radius 1 is 0.950 bits per heavy atom. The normalized spacial score (nSPS) is 9.95. The molecule has 20 heavy (non-hydrogen) atoms. The van der Waals surface area contributed by atoms with Crippen LogP contribution in [0.3, 0.4) is 0 Å². The summed E-state index contributed by atoms with van der Waals surface area (Å²) in [6.45, 7) is 4.08. The van der Waals surface area contributed by atoms with Crippen LogP contribution in [0, 0.1) is 13.8 Å². The standard InChI is InChI=1S/C16H18N2OS/c1-11-4-7-13(8-5-11)17-16(20)18-14-10-12(2)6-9-15(14)19-3/h4-10H,1-3H3,(H2,17,18,20). The summed E-state index contributed by atoms with van der Waals surface area (Å²) < 4.78 is 5.32. The van der Waals surface area contributed by atoms with E-state index in [1.807, 2.05) is 49.4 Å². The van der Waals surface area contributed by atoms with E-state index in [1.54, 1.807) is 7.11 Å². The van der Waals surface area contributed by atoms with Crippen molar-refractivity contribution in [2.24, 2.45) is 0 Å². The number of aryl methyl sites for hydroxylation is 2. The van der Waals surface area contributed by atoms with E-state index in [0.717, 1.165) is 22.7 Å². The summed E-state index contributed by atoms with van der Waals surface area (Å²) >= 11 is 5.32. The predicted molar refractivity (Wildman–Crippen MR) is 88.8 cm³/mol. The summed E-state index contributed by atoms with van der Waals surface area (Å²) in [5.41, 5.74) is 4.18. The minimum absolute atomic E-state index is 0.540. The molecule has 0 bridgehead atoms. The largest absolute Gasteiger partial charge is 0.495 e. The fraction of sp³-hybridized carbons (Fsp3) is 0.188. The smallest absolute Gasteiger partial charge is 0.175 e. The number of hydrogen-bond acceptors (Lipinski definition) is 2. The van der Waals surface area contributed by atoms with Gasteiger partial charge in [0.15, 0.2) is 5.11 Å². The summed E-state index contributed by atoms with van der Waals surface area (Å²) in [6.07, 6.45) is 0. The zero-order valence-electron chi connectivity index (χ0n) is 11.9. The lowest BCUT2D eigenvalue weighted by atomic mass is 10.2. The lowest BCUT2D eigenvalue weighted by molar-refractivity contribution is 0.417. The van der Waals surface area contributed by atoms with Gasteiger partial charge in [-0.15, -0.1) is 0 Å². The van der Waals surface area contributed by atoms with Gasteiger partial charge in [0.1, 0.15) is 5.75 Å². The maximum absolute atomic E-state index is 5.32. The van der Waals surface area contributed by atoms with E-state index in [1.165, 1.54) is 5.56 Å². The highest BCUT2D eigenvalue weighted by Gasteiger charge is 2.05. The molecule has 4 heteroatoms. The molecule has 0 aromatic heterocycles. The second-order valence-corrected chi connectivity index (χ2v) is 5.06. The van der Waals surface area contributed by atoms with E-state index in [-0.39, 0.29) is 0 Å². The molecule has 0 aliphatic heterocycles. The Kier molecular flexibility index (Phi) is 4.58. The van der Waals surface area contributed by atoms with Gasteiger partial charge in [0.25, 0.3) is 0 Å². The van der Waals surface area contributed by atoms with E-state index in [9.17, 15) is 0 Å². The van der Waals surface area contributed by atoms with Crippen LogP contribution in [0.1, 0.15) is 11.1 Å². The van der Waals surface area contributed by atoms with E-state index in [0.29, 0.717) is 5.11 Å². The van der Waals surface area contributed by atoms with Crippen LogP contribution in [0.2, 0.25) is 0 Å². The van der Waals surface area contributed by atoms with Gasteiger partial charge in [-0.05, 0) is 55.9 Å². The lowest BCUT2D eigenvalue weighted by Crippen LogP contribution is -2.19. The molecule has 0 aliphatic carbocycles. The molecule has 2 rings (SSSR count). The fourth-order valence-corrected chi connectivity index (χ4v) is 2.07. The average Bonchev–Trinajstić information content (AvgIpc) is 2.41. The predicted octanol–water partition coefficient (Wildman–Crippen LogP) is 4.12. The fourth-order valence-electron chi connectivity index (χ4n) is 1.84. The third kappa shape index (κ3) is 3.71. The van der Waals surface area contributed by atoms with Gasteiger partial charge in [0, 0.05) is 5.69 Å². The number of rotatable bonds is 3. The van der Waals surface area contributed by atoms with Gasteiger partial charge >= 0.3 is 0 Å². The SMILES string of the molecule is COc1ccc(C)cc1NC(=S)Nc1ccc(C)cc1. The molecule has 0 fully saturated rings. The molecule has 0 radical (unpaired) electrons. The Morgan fingerprint density at radius 3 is 2.25 bits per heavy atom. The van der Waals surface area contributed by atoms with E-state index >= 15 is 0 Å². The second kappa shape index (κ2) is 6.39. The Balaban J connectivity index is 2.08. The highest BCUT2D eigenvalue weighted by Crippen LogP contribution is 2.25. The van der Waals surface area contributed by atoms with Crippen LogP contribution in [0.4, 0.5) is 11.4 Å². The van der Waals surface area contributed by atoms with Gasteiger partial charge in [-0.25, -0.2) is 0 Å². The van der Waals surface area contributed by atoms with Crippen molar-refractivity contribution < 1.29 is 4.74 Å². The van der Waals surface area contributed by atoms with E-state index in [2.05, 4.69) is 17.6 Å². The molecule has 0 unspecified atom stereocenters. The Bertz CT molecular complexity index is 608. The van der Waals surface area contributed by atoms with Crippen LogP contribution >= 0.6 is 12.2 Å². The van der Waals surface area contributed by atoms with E-state index in [4.69, 9.17) is 17.0 Å². The minimum atomic E-state index is 0.540. The number of hydrogen-bond donors (Lipinski definition) is 2. The first-order valence-electron chi connectivity index (χ1n) is 6.38. The van der Waals surface area contributed by atoms with Crippen molar-refractivity contribution in [1.82, 2.24) is 0 Å². The van der Waals surface area contributed by atoms with Crippen LogP contribution in [-0.2, 0) is 0 Å². The molecule has 2 aromatic carbocycles. The van der Waals surface area contributed by atoms with Crippen molar-refractivity contribution in [3.63, 3.8) is 0 Å². The maximum Gasteiger partial charge on any atom is 0.175 e. The second-order valence-electron chi connectivity index (χ2n) is 4.65. The number of benzene rings is 2. The molecular weight excluding hydrogens is 268 g/mol. The molecule has 0 atom stereocenters. The summed E-state index contributed by atoms with van der Waals surface area (Å²) in [5.74, 6) is 0.767. The molecular formula is C16H18N2OS. The summed E-state index contributed by atoms with van der Waals surface area (Å²) in [7, 11) is 1.65. The zero-order chi connectivity index (χ0) is 14.5. The monoisotopic (exact) mass is 286 g/mol. The Hall–Kier alpha value is -2.07. The van der Waals surface area contributed by atoms with Crippen molar-refractivity contribution in [1.29, 1.82) is 0 Å². The molecule has 0 saturated heterocycles. The number of ether oxygens (including phenoxy) is 1. The van der Waals surface area contributed by atoms with Crippen LogP contribution in [0.25, 0.3) is 0 Å². The van der Waals surface area contributed by atoms with Gasteiger partial charge in [0.2, 0.25) is 0 Å². The summed E-state index contributed by atoms with van der Waals surface area (Å²) in [5, 5.41) is 6.85. The molecule has 3 nitrogen and oxygen atoms in total. The maximum atomic E-state index is 5.32. The minimum Gasteiger partial charge on any atom is -0.495 e. The molecule has 0 aliphatic rings. The molecule has 0 amide bonds. The van der Waals surface area contributed by atoms with Crippen LogP contribution < -0.4 is 15.4 Å². The first-order chi connectivity index (χ1) is 9.58. The van der Waals surface area contributed by atoms with Gasteiger partial charge < -0.3 is 15.4 Å². The molecule has 104 valence electrons. The number of nitrogens with one attached hydrogen (secondary N) is 2. The molecule has 0 spiro atoms. The third-order valence-electron chi connectivity index (χ3n) is 2.91. The van der Waals surface area contributed by atoms with Crippen molar-refractivity contribution >= 4 is 28.7 Å². The number of methoxy groups -OCH3 is 1. The topological polar surface area (TPSA) is 33.3 Å². The van der Waals surface area contributed by atoms with Gasteiger partial charge in [-0.3, -0.25) is 0 Å². The Labute approximate surface area is 125 Å². The highest BCUT2D eigenvalue weighted by atomic mass is 32.1. The van der Waals surface area contributed by atoms with Crippen molar-refractivity contribution in [3.8, 4) is 5.75 Å². The molecule has 0 saturated carbocycles. The number of anilines is 2. The van der Waals surface area contributed by atoms with Crippen molar-refractivity contribution in [3.05, 3.63) is 53.6 Å². The average molecular weight is 286 g/mol. The summed E-state index contributed by atoms with van der Waals surface area (Å²) in [4.78, 5) is 0. The number of thiocarbonyl (C=S) groups is 1. The lowest BCUT2D eigenvalue weighted by Gasteiger charge is -2.14. The van der Waals surface area contributed by atoms with Crippen LogP contribution in [0.5, 0.6) is 5.75 Å². The van der Waals surface area contributed by atoms with Gasteiger partial charge in [-0.2, -0.15) is 0 Å². The molecule has 2 aromatic rings. The molecule has 2 N–H and O–H groups in total. The quantitative estimate of drug-likeness (QED) is 0.832. The Morgan fingerprint density at radius 2 is 1.60 bits per heavy atom. The third-order valence-corrected chi connectivity index (χ3v) is 3.12. The van der Waals surface area contributed by atoms with Crippen molar-refractivity contribution in [2.45, 2.75) is 13.8 Å². The van der Waals surface area contributed by atoms with Crippen LogP contribution in [0.15, 0.2) is 42.5 Å².